The molecular formula is C12H12N2O4. The van der Waals surface area contributed by atoms with Gasteiger partial charge in [-0.05, 0) is 12.5 Å². The first-order valence-corrected chi connectivity index (χ1v) is 5.36. The SMILES string of the molecule is CC(C(=O)O)(c1ccccc1)N1CC(=O)NC1=O. The van der Waals surface area contributed by atoms with Crippen molar-refractivity contribution in [2.45, 2.75) is 12.5 Å². The summed E-state index contributed by atoms with van der Waals surface area (Å²) in [6.45, 7) is 1.15. The zero-order valence-electron chi connectivity index (χ0n) is 9.71. The van der Waals surface area contributed by atoms with Crippen LogP contribution < -0.4 is 5.32 Å². The van der Waals surface area contributed by atoms with Crippen LogP contribution in [0.4, 0.5) is 4.79 Å². The van der Waals surface area contributed by atoms with E-state index in [4.69, 9.17) is 0 Å². The zero-order chi connectivity index (χ0) is 13.3. The van der Waals surface area contributed by atoms with Gasteiger partial charge in [-0.2, -0.15) is 0 Å². The molecule has 1 atom stereocenters. The highest BCUT2D eigenvalue weighted by Crippen LogP contribution is 2.30. The molecule has 6 heteroatoms. The molecule has 6 nitrogen and oxygen atoms in total. The van der Waals surface area contributed by atoms with E-state index in [0.717, 1.165) is 4.90 Å². The molecule has 1 aliphatic heterocycles. The van der Waals surface area contributed by atoms with Gasteiger partial charge in [0.25, 0.3) is 0 Å². The van der Waals surface area contributed by atoms with Crippen molar-refractivity contribution in [3.05, 3.63) is 35.9 Å². The molecule has 1 unspecified atom stereocenters. The second kappa shape index (κ2) is 4.14. The summed E-state index contributed by atoms with van der Waals surface area (Å²) >= 11 is 0. The van der Waals surface area contributed by atoms with Crippen LogP contribution in [-0.2, 0) is 15.1 Å². The minimum Gasteiger partial charge on any atom is -0.479 e. The molecule has 0 radical (unpaired) electrons. The molecule has 1 aliphatic rings. The smallest absolute Gasteiger partial charge is 0.334 e. The van der Waals surface area contributed by atoms with E-state index < -0.39 is 23.4 Å². The van der Waals surface area contributed by atoms with Crippen LogP contribution in [0.25, 0.3) is 0 Å². The number of aliphatic carboxylic acids is 1. The van der Waals surface area contributed by atoms with Gasteiger partial charge in [-0.25, -0.2) is 9.59 Å². The quantitative estimate of drug-likeness (QED) is 0.764. The second-order valence-electron chi connectivity index (χ2n) is 4.18. The average molecular weight is 248 g/mol. The Balaban J connectivity index is 2.49. The van der Waals surface area contributed by atoms with Crippen molar-refractivity contribution in [2.75, 3.05) is 6.54 Å². The Hall–Kier alpha value is -2.37. The summed E-state index contributed by atoms with van der Waals surface area (Å²) in [4.78, 5) is 35.4. The Kier molecular flexibility index (Phi) is 2.78. The molecule has 2 N–H and O–H groups in total. The van der Waals surface area contributed by atoms with Gasteiger partial charge < -0.3 is 5.11 Å². The fraction of sp³-hybridized carbons (Fsp3) is 0.250. The molecule has 0 aliphatic carbocycles. The topological polar surface area (TPSA) is 86.7 Å². The van der Waals surface area contributed by atoms with E-state index in [-0.39, 0.29) is 6.54 Å². The van der Waals surface area contributed by atoms with Crippen molar-refractivity contribution in [1.82, 2.24) is 10.2 Å². The van der Waals surface area contributed by atoms with Crippen LogP contribution in [0.1, 0.15) is 12.5 Å². The van der Waals surface area contributed by atoms with Gasteiger partial charge in [0.05, 0.1) is 0 Å². The van der Waals surface area contributed by atoms with Gasteiger partial charge in [0.2, 0.25) is 5.91 Å². The number of rotatable bonds is 3. The van der Waals surface area contributed by atoms with Crippen LogP contribution >= 0.6 is 0 Å². The summed E-state index contributed by atoms with van der Waals surface area (Å²) in [5.74, 6) is -1.68. The maximum Gasteiger partial charge on any atom is 0.334 e. The number of imide groups is 1. The van der Waals surface area contributed by atoms with E-state index in [1.54, 1.807) is 30.3 Å². The number of urea groups is 1. The predicted molar refractivity (Wildman–Crippen MR) is 61.7 cm³/mol. The highest BCUT2D eigenvalue weighted by atomic mass is 16.4. The molecule has 94 valence electrons. The molecule has 1 aromatic rings. The highest BCUT2D eigenvalue weighted by molar-refractivity contribution is 6.04. The van der Waals surface area contributed by atoms with E-state index >= 15 is 0 Å². The first-order chi connectivity index (χ1) is 8.46. The number of hydrogen-bond acceptors (Lipinski definition) is 3. The Bertz CT molecular complexity index is 514. The van der Waals surface area contributed by atoms with Gasteiger partial charge in [-0.15, -0.1) is 0 Å². The molecule has 1 fully saturated rings. The van der Waals surface area contributed by atoms with Gasteiger partial charge in [-0.3, -0.25) is 15.0 Å². The molecule has 3 amide bonds. The normalized spacial score (nSPS) is 18.4. The lowest BCUT2D eigenvalue weighted by atomic mass is 9.90. The summed E-state index contributed by atoms with van der Waals surface area (Å²) in [5, 5.41) is 11.5. The Morgan fingerprint density at radius 1 is 1.33 bits per heavy atom. The summed E-state index contributed by atoms with van der Waals surface area (Å²) in [6.07, 6.45) is 0. The lowest BCUT2D eigenvalue weighted by Crippen LogP contribution is -2.51. The van der Waals surface area contributed by atoms with E-state index in [1.807, 2.05) is 0 Å². The van der Waals surface area contributed by atoms with Crippen LogP contribution in [0.3, 0.4) is 0 Å². The Morgan fingerprint density at radius 3 is 2.39 bits per heavy atom. The maximum absolute atomic E-state index is 11.6. The Morgan fingerprint density at radius 2 is 1.94 bits per heavy atom. The van der Waals surface area contributed by atoms with E-state index in [1.165, 1.54) is 6.92 Å². The average Bonchev–Trinajstić information content (AvgIpc) is 2.68. The standard InChI is InChI=1S/C12H12N2O4/c1-12(10(16)17,8-5-3-2-4-6-8)14-7-9(15)13-11(14)18/h2-6H,7H2,1H3,(H,16,17)(H,13,15,18). The van der Waals surface area contributed by atoms with Crippen LogP contribution in [0, 0.1) is 0 Å². The number of amides is 3. The van der Waals surface area contributed by atoms with Gasteiger partial charge >= 0.3 is 12.0 Å². The van der Waals surface area contributed by atoms with E-state index in [2.05, 4.69) is 5.32 Å². The molecule has 18 heavy (non-hydrogen) atoms. The van der Waals surface area contributed by atoms with Crippen molar-refractivity contribution < 1.29 is 19.5 Å². The molecule has 1 aromatic carbocycles. The first kappa shape index (κ1) is 12.1. The summed E-state index contributed by atoms with van der Waals surface area (Å²) in [5.41, 5.74) is -1.11. The number of benzene rings is 1. The number of carbonyl (C=O) groups excluding carboxylic acids is 2. The molecule has 1 saturated heterocycles. The van der Waals surface area contributed by atoms with Gasteiger partial charge in [0.15, 0.2) is 5.54 Å². The minimum atomic E-state index is -1.56. The molecule has 0 bridgehead atoms. The maximum atomic E-state index is 11.6. The molecule has 0 saturated carbocycles. The van der Waals surface area contributed by atoms with Crippen LogP contribution in [0.2, 0.25) is 0 Å². The van der Waals surface area contributed by atoms with Crippen molar-refractivity contribution in [1.29, 1.82) is 0 Å². The number of nitrogens with one attached hydrogen (secondary N) is 1. The number of nitrogens with zero attached hydrogens (tertiary/aromatic N) is 1. The monoisotopic (exact) mass is 248 g/mol. The molecule has 2 rings (SSSR count). The number of carboxylic acids is 1. The molecule has 0 aromatic heterocycles. The predicted octanol–water partition coefficient (Wildman–Crippen LogP) is 0.538. The van der Waals surface area contributed by atoms with E-state index in [0.29, 0.717) is 5.56 Å². The summed E-state index contributed by atoms with van der Waals surface area (Å²) in [6, 6.07) is 7.67. The van der Waals surface area contributed by atoms with Gasteiger partial charge in [0, 0.05) is 0 Å². The fourth-order valence-corrected chi connectivity index (χ4v) is 1.96. The minimum absolute atomic E-state index is 0.253. The lowest BCUT2D eigenvalue weighted by Gasteiger charge is -2.33. The third-order valence-corrected chi connectivity index (χ3v) is 3.09. The largest absolute Gasteiger partial charge is 0.479 e. The highest BCUT2D eigenvalue weighted by Gasteiger charge is 2.47. The van der Waals surface area contributed by atoms with Gasteiger partial charge in [0.1, 0.15) is 6.54 Å². The fourth-order valence-electron chi connectivity index (χ4n) is 1.96. The molecular weight excluding hydrogens is 236 g/mol. The van der Waals surface area contributed by atoms with Crippen LogP contribution in [-0.4, -0.2) is 34.5 Å². The van der Waals surface area contributed by atoms with Crippen LogP contribution in [0.15, 0.2) is 30.3 Å². The molecule has 1 heterocycles. The lowest BCUT2D eigenvalue weighted by molar-refractivity contribution is -0.149. The third kappa shape index (κ3) is 1.71. The number of carboxylic acid groups (broad SMARTS) is 1. The second-order valence-corrected chi connectivity index (χ2v) is 4.18. The summed E-state index contributed by atoms with van der Waals surface area (Å²) < 4.78 is 0. The number of carbonyl (C=O) groups is 3. The Labute approximate surface area is 103 Å². The molecule has 0 spiro atoms. The van der Waals surface area contributed by atoms with Crippen molar-refractivity contribution in [2.24, 2.45) is 0 Å². The number of hydrogen-bond donors (Lipinski definition) is 2. The first-order valence-electron chi connectivity index (χ1n) is 5.36. The van der Waals surface area contributed by atoms with Crippen molar-refractivity contribution in [3.63, 3.8) is 0 Å². The third-order valence-electron chi connectivity index (χ3n) is 3.09. The van der Waals surface area contributed by atoms with Crippen LogP contribution in [0.5, 0.6) is 0 Å². The zero-order valence-corrected chi connectivity index (χ0v) is 9.71. The van der Waals surface area contributed by atoms with Crippen molar-refractivity contribution >= 4 is 17.9 Å². The van der Waals surface area contributed by atoms with Crippen molar-refractivity contribution in [3.8, 4) is 0 Å². The summed E-state index contributed by atoms with van der Waals surface area (Å²) in [7, 11) is 0. The van der Waals surface area contributed by atoms with Gasteiger partial charge in [-0.1, -0.05) is 30.3 Å². The van der Waals surface area contributed by atoms with E-state index in [9.17, 15) is 19.5 Å².